The smallest absolute Gasteiger partial charge is 0.0931 e. The SMILES string of the molecule is CC1(C)CCCC[N+]1(C)C.CS(=O)(=O)[O-]. The van der Waals surface area contributed by atoms with Gasteiger partial charge in [0.05, 0.1) is 36.3 Å². The molecule has 15 heavy (non-hydrogen) atoms. The van der Waals surface area contributed by atoms with Crippen LogP contribution in [0.2, 0.25) is 0 Å². The summed E-state index contributed by atoms with van der Waals surface area (Å²) in [6.45, 7) is 6.12. The molecule has 0 saturated carbocycles. The van der Waals surface area contributed by atoms with Gasteiger partial charge in [0, 0.05) is 12.7 Å². The van der Waals surface area contributed by atoms with Gasteiger partial charge in [-0.15, -0.1) is 0 Å². The molecule has 0 aliphatic carbocycles. The van der Waals surface area contributed by atoms with Crippen LogP contribution in [-0.2, 0) is 10.1 Å². The van der Waals surface area contributed by atoms with E-state index in [0.29, 0.717) is 11.8 Å². The Morgan fingerprint density at radius 1 is 1.20 bits per heavy atom. The van der Waals surface area contributed by atoms with Crippen LogP contribution in [0.25, 0.3) is 0 Å². The van der Waals surface area contributed by atoms with Gasteiger partial charge in [0.15, 0.2) is 0 Å². The highest BCUT2D eigenvalue weighted by atomic mass is 32.2. The maximum Gasteiger partial charge on any atom is 0.0931 e. The third-order valence-electron chi connectivity index (χ3n) is 3.39. The average Bonchev–Trinajstić information content (AvgIpc) is 1.92. The zero-order chi connectivity index (χ0) is 12.3. The van der Waals surface area contributed by atoms with E-state index in [1.54, 1.807) is 0 Å². The van der Waals surface area contributed by atoms with E-state index in [4.69, 9.17) is 13.0 Å². The monoisotopic (exact) mass is 237 g/mol. The molecule has 0 unspecified atom stereocenters. The first-order valence-electron chi connectivity index (χ1n) is 5.20. The van der Waals surface area contributed by atoms with Crippen molar-refractivity contribution in [3.05, 3.63) is 0 Å². The minimum atomic E-state index is -3.92. The zero-order valence-electron chi connectivity index (χ0n) is 10.4. The van der Waals surface area contributed by atoms with E-state index in [1.807, 2.05) is 0 Å². The summed E-state index contributed by atoms with van der Waals surface area (Å²) in [4.78, 5) is 0. The van der Waals surface area contributed by atoms with Crippen LogP contribution in [0.4, 0.5) is 0 Å². The van der Waals surface area contributed by atoms with Gasteiger partial charge in [0.25, 0.3) is 0 Å². The third kappa shape index (κ3) is 6.12. The molecule has 0 atom stereocenters. The molecular weight excluding hydrogens is 214 g/mol. The number of rotatable bonds is 0. The Hall–Kier alpha value is -0.130. The van der Waals surface area contributed by atoms with Crippen LogP contribution in [0.3, 0.4) is 0 Å². The molecule has 0 N–H and O–H groups in total. The summed E-state index contributed by atoms with van der Waals surface area (Å²) in [5, 5.41) is 0. The highest BCUT2D eigenvalue weighted by Gasteiger charge is 2.38. The average molecular weight is 237 g/mol. The van der Waals surface area contributed by atoms with Crippen molar-refractivity contribution in [3.63, 3.8) is 0 Å². The van der Waals surface area contributed by atoms with Gasteiger partial charge in [0.2, 0.25) is 0 Å². The molecular formula is C10H23NO3S. The van der Waals surface area contributed by atoms with Crippen LogP contribution in [0.5, 0.6) is 0 Å². The van der Waals surface area contributed by atoms with Gasteiger partial charge in [-0.2, -0.15) is 0 Å². The summed E-state index contributed by atoms with van der Waals surface area (Å²) >= 11 is 0. The molecule has 1 aliphatic heterocycles. The summed E-state index contributed by atoms with van der Waals surface area (Å²) in [7, 11) is 0.776. The van der Waals surface area contributed by atoms with E-state index in [9.17, 15) is 0 Å². The van der Waals surface area contributed by atoms with Crippen molar-refractivity contribution in [2.45, 2.75) is 38.6 Å². The van der Waals surface area contributed by atoms with Crippen LogP contribution < -0.4 is 0 Å². The van der Waals surface area contributed by atoms with E-state index >= 15 is 0 Å². The first kappa shape index (κ1) is 14.9. The highest BCUT2D eigenvalue weighted by molar-refractivity contribution is 7.84. The van der Waals surface area contributed by atoms with Crippen molar-refractivity contribution in [2.75, 3.05) is 26.9 Å². The zero-order valence-corrected chi connectivity index (χ0v) is 11.2. The third-order valence-corrected chi connectivity index (χ3v) is 3.39. The largest absolute Gasteiger partial charge is 0.748 e. The van der Waals surface area contributed by atoms with E-state index in [0.717, 1.165) is 0 Å². The first-order chi connectivity index (χ1) is 6.46. The summed E-state index contributed by atoms with van der Waals surface area (Å²) < 4.78 is 28.4. The fraction of sp³-hybridized carbons (Fsp3) is 1.00. The summed E-state index contributed by atoms with van der Waals surface area (Å²) in [6.07, 6.45) is 4.83. The van der Waals surface area contributed by atoms with Crippen LogP contribution in [0, 0.1) is 0 Å². The number of nitrogens with zero attached hydrogens (tertiary/aromatic N) is 1. The fourth-order valence-electron chi connectivity index (χ4n) is 1.67. The predicted molar refractivity (Wildman–Crippen MR) is 60.5 cm³/mol. The van der Waals surface area contributed by atoms with Gasteiger partial charge in [-0.3, -0.25) is 0 Å². The van der Waals surface area contributed by atoms with Gasteiger partial charge in [-0.25, -0.2) is 8.42 Å². The summed E-state index contributed by atoms with van der Waals surface area (Å²) in [5.41, 5.74) is 0.512. The highest BCUT2D eigenvalue weighted by Crippen LogP contribution is 2.30. The summed E-state index contributed by atoms with van der Waals surface area (Å²) in [5.74, 6) is 0. The normalized spacial score (nSPS) is 23.9. The lowest BCUT2D eigenvalue weighted by Gasteiger charge is -2.48. The van der Waals surface area contributed by atoms with Gasteiger partial charge < -0.3 is 9.04 Å². The molecule has 0 aromatic rings. The maximum absolute atomic E-state index is 9.08. The lowest BCUT2D eigenvalue weighted by atomic mass is 9.89. The number of piperidine rings is 1. The number of likely N-dealkylation sites (tertiary alicyclic amines) is 1. The minimum Gasteiger partial charge on any atom is -0.748 e. The molecule has 1 rings (SSSR count). The standard InChI is InChI=1S/C9H20N.CH4O3S/c1-9(2)7-5-6-8-10(9,3)4;1-5(2,3)4/h5-8H2,1-4H3;1H3,(H,2,3,4)/q+1;/p-1. The number of hydrogen-bond acceptors (Lipinski definition) is 3. The molecule has 92 valence electrons. The van der Waals surface area contributed by atoms with E-state index in [-0.39, 0.29) is 0 Å². The topological polar surface area (TPSA) is 57.2 Å². The molecule has 0 amide bonds. The molecule has 1 saturated heterocycles. The molecule has 5 heteroatoms. The Labute approximate surface area is 93.6 Å². The molecule has 4 nitrogen and oxygen atoms in total. The predicted octanol–water partition coefficient (Wildman–Crippen LogP) is 1.19. The molecule has 0 radical (unpaired) electrons. The molecule has 0 aromatic heterocycles. The van der Waals surface area contributed by atoms with Gasteiger partial charge in [-0.05, 0) is 26.7 Å². The lowest BCUT2D eigenvalue weighted by molar-refractivity contribution is -0.943. The molecule has 0 bridgehead atoms. The van der Waals surface area contributed by atoms with Crippen molar-refractivity contribution < 1.29 is 17.5 Å². The van der Waals surface area contributed by atoms with Gasteiger partial charge in [0.1, 0.15) is 0 Å². The van der Waals surface area contributed by atoms with Crippen molar-refractivity contribution in [1.82, 2.24) is 0 Å². The van der Waals surface area contributed by atoms with Crippen LogP contribution in [0.15, 0.2) is 0 Å². The van der Waals surface area contributed by atoms with Gasteiger partial charge >= 0.3 is 0 Å². The first-order valence-corrected chi connectivity index (χ1v) is 7.01. The second-order valence-corrected chi connectivity index (χ2v) is 6.79. The molecule has 1 heterocycles. The van der Waals surface area contributed by atoms with Crippen LogP contribution in [-0.4, -0.2) is 49.9 Å². The lowest BCUT2D eigenvalue weighted by Crippen LogP contribution is -2.58. The van der Waals surface area contributed by atoms with Crippen molar-refractivity contribution >= 4 is 10.1 Å². The van der Waals surface area contributed by atoms with Crippen molar-refractivity contribution in [3.8, 4) is 0 Å². The second kappa shape index (κ2) is 4.80. The fourth-order valence-corrected chi connectivity index (χ4v) is 1.67. The molecule has 1 fully saturated rings. The Balaban J connectivity index is 0.000000336. The molecule has 1 aliphatic rings. The Morgan fingerprint density at radius 2 is 1.60 bits per heavy atom. The Morgan fingerprint density at radius 3 is 1.80 bits per heavy atom. The summed E-state index contributed by atoms with van der Waals surface area (Å²) in [6, 6.07) is 0. The molecule has 0 aromatic carbocycles. The Bertz CT molecular complexity index is 270. The second-order valence-electron chi connectivity index (χ2n) is 5.38. The van der Waals surface area contributed by atoms with Gasteiger partial charge in [-0.1, -0.05) is 0 Å². The molecule has 0 spiro atoms. The van der Waals surface area contributed by atoms with Crippen LogP contribution >= 0.6 is 0 Å². The maximum atomic E-state index is 9.08. The van der Waals surface area contributed by atoms with E-state index in [1.165, 1.54) is 30.3 Å². The van der Waals surface area contributed by atoms with E-state index in [2.05, 4.69) is 27.9 Å². The Kier molecular flexibility index (Phi) is 4.76. The minimum absolute atomic E-state index is 0.512. The number of quaternary nitrogens is 1. The number of hydrogen-bond donors (Lipinski definition) is 0. The van der Waals surface area contributed by atoms with Crippen molar-refractivity contribution in [2.24, 2.45) is 0 Å². The van der Waals surface area contributed by atoms with Crippen molar-refractivity contribution in [1.29, 1.82) is 0 Å². The van der Waals surface area contributed by atoms with Crippen LogP contribution in [0.1, 0.15) is 33.1 Å². The van der Waals surface area contributed by atoms with E-state index < -0.39 is 10.1 Å². The quantitative estimate of drug-likeness (QED) is 0.469.